The number of fused-ring (bicyclic) bond motifs is 3. The molecule has 1 fully saturated rings. The Morgan fingerprint density at radius 1 is 1.29 bits per heavy atom. The summed E-state index contributed by atoms with van der Waals surface area (Å²) in [5.74, 6) is -0.268. The summed E-state index contributed by atoms with van der Waals surface area (Å²) in [4.78, 5) is 12.0. The van der Waals surface area contributed by atoms with Crippen LogP contribution in [-0.4, -0.2) is 11.1 Å². The summed E-state index contributed by atoms with van der Waals surface area (Å²) in [6, 6.07) is 2.08. The second kappa shape index (κ2) is 5.92. The lowest BCUT2D eigenvalue weighted by molar-refractivity contribution is -0.157. The molecule has 4 heteroatoms. The molecule has 0 saturated heterocycles. The zero-order chi connectivity index (χ0) is 17.9. The van der Waals surface area contributed by atoms with Crippen molar-refractivity contribution in [2.45, 2.75) is 71.1 Å². The summed E-state index contributed by atoms with van der Waals surface area (Å²) in [5, 5.41) is 11.4. The molecule has 1 saturated carbocycles. The van der Waals surface area contributed by atoms with Crippen molar-refractivity contribution in [3.8, 4) is 0 Å². The van der Waals surface area contributed by atoms with Crippen molar-refractivity contribution in [2.24, 2.45) is 11.3 Å². The maximum atomic E-state index is 12.0. The minimum atomic E-state index is -0.669. The highest BCUT2D eigenvalue weighted by Crippen LogP contribution is 2.59. The molecule has 0 amide bonds. The average molecular weight is 369 g/mol. The van der Waals surface area contributed by atoms with Crippen molar-refractivity contribution < 1.29 is 9.90 Å². The van der Waals surface area contributed by atoms with Crippen LogP contribution in [0.5, 0.6) is 0 Å². The van der Waals surface area contributed by atoms with E-state index in [1.165, 1.54) is 11.1 Å². The molecule has 1 aromatic rings. The van der Waals surface area contributed by atoms with Gasteiger partial charge in [-0.25, -0.2) is 0 Å². The van der Waals surface area contributed by atoms with Crippen LogP contribution in [0.4, 0.5) is 0 Å². The van der Waals surface area contributed by atoms with Crippen molar-refractivity contribution in [1.82, 2.24) is 0 Å². The monoisotopic (exact) mass is 368 g/mol. The number of aliphatic carboxylic acids is 1. The lowest BCUT2D eigenvalue weighted by Crippen LogP contribution is -2.52. The van der Waals surface area contributed by atoms with Gasteiger partial charge >= 0.3 is 5.97 Å². The molecule has 0 heterocycles. The van der Waals surface area contributed by atoms with Gasteiger partial charge in [0.1, 0.15) is 0 Å². The largest absolute Gasteiger partial charge is 0.481 e. The third-order valence-electron chi connectivity index (χ3n) is 6.65. The number of carboxylic acid groups (broad SMARTS) is 1. The van der Waals surface area contributed by atoms with Crippen LogP contribution in [-0.2, 0) is 16.6 Å². The Morgan fingerprint density at radius 3 is 2.54 bits per heavy atom. The Labute approximate surface area is 154 Å². The van der Waals surface area contributed by atoms with Gasteiger partial charge < -0.3 is 5.11 Å². The van der Waals surface area contributed by atoms with Crippen molar-refractivity contribution in [1.29, 1.82) is 0 Å². The van der Waals surface area contributed by atoms with Gasteiger partial charge in [-0.2, -0.15) is 0 Å². The van der Waals surface area contributed by atoms with Crippen LogP contribution in [0.2, 0.25) is 10.0 Å². The summed E-state index contributed by atoms with van der Waals surface area (Å²) in [7, 11) is 0. The zero-order valence-corrected chi connectivity index (χ0v) is 16.4. The van der Waals surface area contributed by atoms with Crippen LogP contribution in [0, 0.1) is 11.3 Å². The Balaban J connectivity index is 2.19. The smallest absolute Gasteiger partial charge is 0.309 e. The second-order valence-corrected chi connectivity index (χ2v) is 9.14. The molecule has 1 N–H and O–H groups in total. The predicted octanol–water partition coefficient (Wildman–Crippen LogP) is 6.21. The molecule has 0 spiro atoms. The van der Waals surface area contributed by atoms with E-state index in [-0.39, 0.29) is 17.3 Å². The van der Waals surface area contributed by atoms with E-state index in [2.05, 4.69) is 26.8 Å². The Kier molecular flexibility index (Phi) is 4.45. The second-order valence-electron chi connectivity index (χ2n) is 8.35. The Bertz CT molecular complexity index is 697. The first-order valence-electron chi connectivity index (χ1n) is 8.87. The highest BCUT2D eigenvalue weighted by molar-refractivity contribution is 6.36. The Hall–Kier alpha value is -0.730. The fraction of sp³-hybridized carbons (Fsp3) is 0.650. The number of rotatable bonds is 2. The third-order valence-corrected chi connectivity index (χ3v) is 7.39. The van der Waals surface area contributed by atoms with Crippen molar-refractivity contribution >= 4 is 29.2 Å². The lowest BCUT2D eigenvalue weighted by atomic mass is 9.49. The average Bonchev–Trinajstić information content (AvgIpc) is 2.47. The SMILES string of the molecule is CC(C)c1c(Cl)cc2c(c1Cl)CC[C@H]1[C@](C)(C(=O)O)CCC[C@@]21C. The van der Waals surface area contributed by atoms with Gasteiger partial charge in [0.05, 0.1) is 5.41 Å². The van der Waals surface area contributed by atoms with Crippen LogP contribution >= 0.6 is 23.2 Å². The molecule has 0 aromatic heterocycles. The topological polar surface area (TPSA) is 37.3 Å². The van der Waals surface area contributed by atoms with Crippen LogP contribution in [0.3, 0.4) is 0 Å². The van der Waals surface area contributed by atoms with Gasteiger partial charge in [0.15, 0.2) is 0 Å². The maximum absolute atomic E-state index is 12.0. The number of carboxylic acids is 1. The van der Waals surface area contributed by atoms with Crippen molar-refractivity contribution in [3.05, 3.63) is 32.8 Å². The van der Waals surface area contributed by atoms with E-state index in [9.17, 15) is 9.90 Å². The van der Waals surface area contributed by atoms with Gasteiger partial charge in [0, 0.05) is 10.0 Å². The summed E-state index contributed by atoms with van der Waals surface area (Å²) < 4.78 is 0. The van der Waals surface area contributed by atoms with Gasteiger partial charge in [0.2, 0.25) is 0 Å². The molecule has 0 radical (unpaired) electrons. The van der Waals surface area contributed by atoms with Crippen molar-refractivity contribution in [2.75, 3.05) is 0 Å². The molecular weight excluding hydrogens is 343 g/mol. The first-order valence-corrected chi connectivity index (χ1v) is 9.63. The first kappa shape index (κ1) is 18.1. The van der Waals surface area contributed by atoms with Crippen LogP contribution in [0.1, 0.15) is 76.0 Å². The van der Waals surface area contributed by atoms with E-state index in [1.807, 2.05) is 6.92 Å². The first-order chi connectivity index (χ1) is 11.1. The summed E-state index contributed by atoms with van der Waals surface area (Å²) >= 11 is 13.3. The maximum Gasteiger partial charge on any atom is 0.309 e. The lowest BCUT2D eigenvalue weighted by Gasteiger charge is -2.54. The summed E-state index contributed by atoms with van der Waals surface area (Å²) in [6.45, 7) is 8.36. The predicted molar refractivity (Wildman–Crippen MR) is 99.3 cm³/mol. The van der Waals surface area contributed by atoms with Crippen molar-refractivity contribution in [3.63, 3.8) is 0 Å². The molecule has 132 valence electrons. The van der Waals surface area contributed by atoms with E-state index in [0.717, 1.165) is 47.7 Å². The van der Waals surface area contributed by atoms with E-state index >= 15 is 0 Å². The van der Waals surface area contributed by atoms with E-state index in [1.54, 1.807) is 0 Å². The molecule has 0 aliphatic heterocycles. The number of carbonyl (C=O) groups is 1. The van der Waals surface area contributed by atoms with E-state index in [0.29, 0.717) is 0 Å². The standard InChI is InChI=1S/C20H26Cl2O2/c1-11(2)16-14(21)10-13-12(17(16)22)6-7-15-19(13,3)8-5-9-20(15,4)18(23)24/h10-11,15H,5-9H2,1-4H3,(H,23,24)/t15-,19+,20-/m1/s1. The molecular formula is C20H26Cl2O2. The third kappa shape index (κ3) is 2.41. The fourth-order valence-electron chi connectivity index (χ4n) is 5.34. The Morgan fingerprint density at radius 2 is 1.96 bits per heavy atom. The summed E-state index contributed by atoms with van der Waals surface area (Å²) in [5.41, 5.74) is 2.57. The molecule has 0 unspecified atom stereocenters. The molecule has 3 atom stereocenters. The van der Waals surface area contributed by atoms with Gasteiger partial charge in [-0.1, -0.05) is 50.4 Å². The van der Waals surface area contributed by atoms with Gasteiger partial charge in [-0.3, -0.25) is 4.79 Å². The molecule has 1 aromatic carbocycles. The normalized spacial score (nSPS) is 32.4. The molecule has 0 bridgehead atoms. The summed E-state index contributed by atoms with van der Waals surface area (Å²) in [6.07, 6.45) is 4.40. The molecule has 2 aliphatic rings. The van der Waals surface area contributed by atoms with Crippen LogP contribution in [0.25, 0.3) is 0 Å². The molecule has 2 nitrogen and oxygen atoms in total. The highest BCUT2D eigenvalue weighted by Gasteiger charge is 2.55. The van der Waals surface area contributed by atoms with Gasteiger partial charge in [-0.15, -0.1) is 0 Å². The van der Waals surface area contributed by atoms with Crippen LogP contribution < -0.4 is 0 Å². The highest BCUT2D eigenvalue weighted by atomic mass is 35.5. The fourth-order valence-corrected chi connectivity index (χ4v) is 6.33. The number of halogens is 2. The quantitative estimate of drug-likeness (QED) is 0.673. The number of benzene rings is 1. The minimum Gasteiger partial charge on any atom is -0.481 e. The zero-order valence-electron chi connectivity index (χ0n) is 14.9. The molecule has 24 heavy (non-hydrogen) atoms. The van der Waals surface area contributed by atoms with E-state index < -0.39 is 11.4 Å². The van der Waals surface area contributed by atoms with E-state index in [4.69, 9.17) is 23.2 Å². The van der Waals surface area contributed by atoms with Crippen LogP contribution in [0.15, 0.2) is 6.07 Å². The number of hydrogen-bond donors (Lipinski definition) is 1. The minimum absolute atomic E-state index is 0.126. The molecule has 2 aliphatic carbocycles. The van der Waals surface area contributed by atoms with Gasteiger partial charge in [0.25, 0.3) is 0 Å². The number of hydrogen-bond acceptors (Lipinski definition) is 1. The van der Waals surface area contributed by atoms with Gasteiger partial charge in [-0.05, 0) is 72.6 Å². The molecule has 3 rings (SSSR count).